The predicted molar refractivity (Wildman–Crippen MR) is 119 cm³/mol. The lowest BCUT2D eigenvalue weighted by Crippen LogP contribution is -2.29. The van der Waals surface area contributed by atoms with Gasteiger partial charge in [-0.3, -0.25) is 0 Å². The van der Waals surface area contributed by atoms with Crippen molar-refractivity contribution in [2.45, 2.75) is 44.2 Å². The van der Waals surface area contributed by atoms with Gasteiger partial charge in [0, 0.05) is 30.9 Å². The highest BCUT2D eigenvalue weighted by Gasteiger charge is 2.33. The smallest absolute Gasteiger partial charge is 0.243 e. The van der Waals surface area contributed by atoms with E-state index in [0.717, 1.165) is 35.7 Å². The van der Waals surface area contributed by atoms with Gasteiger partial charge in [-0.15, -0.1) is 0 Å². The minimum atomic E-state index is -3.54. The van der Waals surface area contributed by atoms with Crippen molar-refractivity contribution in [3.63, 3.8) is 0 Å². The van der Waals surface area contributed by atoms with Gasteiger partial charge >= 0.3 is 0 Å². The highest BCUT2D eigenvalue weighted by molar-refractivity contribution is 7.89. The molecule has 7 nitrogen and oxygen atoms in total. The molecule has 3 aromatic rings. The van der Waals surface area contributed by atoms with Crippen molar-refractivity contribution in [3.8, 4) is 5.75 Å². The highest BCUT2D eigenvalue weighted by Crippen LogP contribution is 2.30. The molecule has 1 fully saturated rings. The predicted octanol–water partition coefficient (Wildman–Crippen LogP) is 3.28. The second-order valence-corrected chi connectivity index (χ2v) is 10.1. The number of hydrogen-bond acceptors (Lipinski definition) is 5. The summed E-state index contributed by atoms with van der Waals surface area (Å²) in [5, 5.41) is 1.02. The van der Waals surface area contributed by atoms with E-state index in [1.54, 1.807) is 34.8 Å². The average molecular weight is 442 g/mol. The van der Waals surface area contributed by atoms with Crippen LogP contribution in [0, 0.1) is 5.92 Å². The van der Waals surface area contributed by atoms with Crippen molar-refractivity contribution in [2.24, 2.45) is 5.92 Å². The molecule has 3 heterocycles. The Kier molecular flexibility index (Phi) is 6.11. The summed E-state index contributed by atoms with van der Waals surface area (Å²) < 4.78 is 35.2. The summed E-state index contributed by atoms with van der Waals surface area (Å²) in [5.41, 5.74) is 1.89. The minimum absolute atomic E-state index is 0.0366. The Balaban J connectivity index is 1.48. The molecular weight excluding hydrogens is 414 g/mol. The first-order chi connectivity index (χ1) is 14.9. The molecule has 0 radical (unpaired) electrons. The van der Waals surface area contributed by atoms with Crippen molar-refractivity contribution in [1.82, 2.24) is 13.9 Å². The topological polar surface area (TPSA) is 81.5 Å². The normalized spacial score (nSPS) is 17.5. The zero-order chi connectivity index (χ0) is 22.0. The number of aldehydes is 1. The van der Waals surface area contributed by atoms with Crippen LogP contribution in [0.15, 0.2) is 53.7 Å². The summed E-state index contributed by atoms with van der Waals surface area (Å²) in [6, 6.07) is 10.5. The van der Waals surface area contributed by atoms with Crippen LogP contribution in [0.4, 0.5) is 0 Å². The number of sulfonamides is 1. The van der Waals surface area contributed by atoms with Gasteiger partial charge in [0.05, 0.1) is 17.5 Å². The third-order valence-corrected chi connectivity index (χ3v) is 7.46. The Labute approximate surface area is 182 Å². The average Bonchev–Trinajstić information content (AvgIpc) is 3.35. The number of hydrogen-bond donors (Lipinski definition) is 0. The molecule has 0 spiro atoms. The van der Waals surface area contributed by atoms with Crippen molar-refractivity contribution in [2.75, 3.05) is 13.1 Å². The Morgan fingerprint density at radius 3 is 2.71 bits per heavy atom. The number of pyridine rings is 1. The monoisotopic (exact) mass is 441 g/mol. The molecule has 31 heavy (non-hydrogen) atoms. The van der Waals surface area contributed by atoms with E-state index in [4.69, 9.17) is 4.74 Å². The Morgan fingerprint density at radius 1 is 1.23 bits per heavy atom. The van der Waals surface area contributed by atoms with E-state index in [1.807, 2.05) is 36.7 Å². The molecular formula is C23H27N3O4S. The van der Waals surface area contributed by atoms with E-state index in [1.165, 1.54) is 0 Å². The van der Waals surface area contributed by atoms with Crippen LogP contribution >= 0.6 is 0 Å². The first kappa shape index (κ1) is 21.5. The number of benzene rings is 1. The molecule has 2 aromatic heterocycles. The largest absolute Gasteiger partial charge is 0.491 e. The maximum absolute atomic E-state index is 13.1. The van der Waals surface area contributed by atoms with Crippen molar-refractivity contribution in [1.29, 1.82) is 0 Å². The lowest BCUT2D eigenvalue weighted by Gasteiger charge is -2.17. The van der Waals surface area contributed by atoms with E-state index >= 15 is 0 Å². The van der Waals surface area contributed by atoms with Crippen molar-refractivity contribution in [3.05, 3.63) is 54.4 Å². The Bertz CT molecular complexity index is 1170. The second kappa shape index (κ2) is 8.80. The molecule has 4 rings (SSSR count). The standard InChI is InChI=1S/C23H27N3O4S/c1-17(2)30-20-5-7-21(8-6-20)31(28,29)26-11-9-18(15-26)14-19-16-25(12-13-27)23-22(19)4-3-10-24-23/h3-8,10,13,16-18H,9,11-12,14-15H2,1-2H3. The second-order valence-electron chi connectivity index (χ2n) is 8.21. The number of carbonyl (C=O) groups is 1. The first-order valence-electron chi connectivity index (χ1n) is 10.5. The van der Waals surface area contributed by atoms with E-state index in [0.29, 0.717) is 18.8 Å². The van der Waals surface area contributed by atoms with Crippen LogP contribution in [0.3, 0.4) is 0 Å². The molecule has 1 atom stereocenters. The molecule has 164 valence electrons. The summed E-state index contributed by atoms with van der Waals surface area (Å²) in [6.45, 7) is 5.10. The van der Waals surface area contributed by atoms with Gasteiger partial charge in [-0.25, -0.2) is 13.4 Å². The quantitative estimate of drug-likeness (QED) is 0.501. The lowest BCUT2D eigenvalue weighted by molar-refractivity contribution is -0.108. The lowest BCUT2D eigenvalue weighted by atomic mass is 9.99. The molecule has 0 N–H and O–H groups in total. The molecule has 0 aliphatic carbocycles. The molecule has 0 bridgehead atoms. The fraction of sp³-hybridized carbons (Fsp3) is 0.391. The van der Waals surface area contributed by atoms with Crippen LogP contribution in [-0.4, -0.2) is 47.8 Å². The van der Waals surface area contributed by atoms with E-state index < -0.39 is 10.0 Å². The van der Waals surface area contributed by atoms with Crippen LogP contribution < -0.4 is 4.74 Å². The third-order valence-electron chi connectivity index (χ3n) is 5.58. The molecule has 8 heteroatoms. The van der Waals surface area contributed by atoms with Crippen molar-refractivity contribution < 1.29 is 17.9 Å². The molecule has 1 aliphatic rings. The number of fused-ring (bicyclic) bond motifs is 1. The molecule has 0 saturated carbocycles. The third kappa shape index (κ3) is 4.50. The molecule has 1 aromatic carbocycles. The van der Waals surface area contributed by atoms with Crippen LogP contribution in [0.25, 0.3) is 11.0 Å². The molecule has 1 aliphatic heterocycles. The number of aromatic nitrogens is 2. The summed E-state index contributed by atoms with van der Waals surface area (Å²) in [7, 11) is -3.54. The summed E-state index contributed by atoms with van der Waals surface area (Å²) in [4.78, 5) is 15.7. The van der Waals surface area contributed by atoms with Gasteiger partial charge in [0.15, 0.2) is 0 Å². The van der Waals surface area contributed by atoms with Crippen molar-refractivity contribution >= 4 is 27.3 Å². The molecule has 0 amide bonds. The molecule has 1 saturated heterocycles. The maximum Gasteiger partial charge on any atom is 0.243 e. The Morgan fingerprint density at radius 2 is 2.00 bits per heavy atom. The van der Waals surface area contributed by atoms with Crippen LogP contribution in [0.5, 0.6) is 5.75 Å². The van der Waals surface area contributed by atoms with E-state index in [-0.39, 0.29) is 23.5 Å². The minimum Gasteiger partial charge on any atom is -0.491 e. The zero-order valence-electron chi connectivity index (χ0n) is 17.8. The van der Waals surface area contributed by atoms with Crippen LogP contribution in [-0.2, 0) is 27.8 Å². The summed E-state index contributed by atoms with van der Waals surface area (Å²) in [6.07, 6.45) is 6.13. The van der Waals surface area contributed by atoms with Gasteiger partial charge in [0.1, 0.15) is 17.7 Å². The number of nitrogens with zero attached hydrogens (tertiary/aromatic N) is 3. The number of carbonyl (C=O) groups excluding carboxylic acids is 1. The first-order valence-corrected chi connectivity index (χ1v) is 12.0. The summed E-state index contributed by atoms with van der Waals surface area (Å²) >= 11 is 0. The summed E-state index contributed by atoms with van der Waals surface area (Å²) in [5.74, 6) is 0.877. The van der Waals surface area contributed by atoms with Gasteiger partial charge in [-0.05, 0) is 74.6 Å². The molecule has 1 unspecified atom stereocenters. The number of ether oxygens (including phenoxy) is 1. The van der Waals surface area contributed by atoms with Gasteiger partial charge in [0.2, 0.25) is 10.0 Å². The zero-order valence-corrected chi connectivity index (χ0v) is 18.6. The Hall–Kier alpha value is -2.71. The van der Waals surface area contributed by atoms with Gasteiger partial charge < -0.3 is 14.1 Å². The SMILES string of the molecule is CC(C)Oc1ccc(S(=O)(=O)N2CCC(Cc3cn(CC=O)c4ncccc34)C2)cc1. The fourth-order valence-electron chi connectivity index (χ4n) is 4.18. The maximum atomic E-state index is 13.1. The fourth-order valence-corrected chi connectivity index (χ4v) is 5.71. The van der Waals surface area contributed by atoms with Crippen LogP contribution in [0.2, 0.25) is 0 Å². The van der Waals surface area contributed by atoms with Gasteiger partial charge in [0.25, 0.3) is 0 Å². The van der Waals surface area contributed by atoms with Gasteiger partial charge in [-0.2, -0.15) is 4.31 Å². The van der Waals surface area contributed by atoms with E-state index in [2.05, 4.69) is 4.98 Å². The highest BCUT2D eigenvalue weighted by atomic mass is 32.2. The van der Waals surface area contributed by atoms with E-state index in [9.17, 15) is 13.2 Å². The van der Waals surface area contributed by atoms with Crippen LogP contribution in [0.1, 0.15) is 25.8 Å². The number of rotatable bonds is 8. The van der Waals surface area contributed by atoms with Gasteiger partial charge in [-0.1, -0.05) is 0 Å².